The monoisotopic (exact) mass is 265 g/mol. The Hall–Kier alpha value is -1.70. The van der Waals surface area contributed by atoms with Crippen LogP contribution in [0, 0.1) is 18.6 Å². The van der Waals surface area contributed by atoms with Crippen molar-refractivity contribution in [1.82, 2.24) is 0 Å². The third-order valence-corrected chi connectivity index (χ3v) is 3.00. The molecule has 8 heteroatoms. The van der Waals surface area contributed by atoms with E-state index in [0.29, 0.717) is 0 Å². The van der Waals surface area contributed by atoms with E-state index in [1.165, 1.54) is 6.92 Å². The molecule has 0 aliphatic rings. The maximum atomic E-state index is 13.4. The first-order chi connectivity index (χ1) is 7.73. The Bertz CT molecular complexity index is 556. The zero-order valence-electron chi connectivity index (χ0n) is 8.70. The molecule has 17 heavy (non-hydrogen) atoms. The van der Waals surface area contributed by atoms with Crippen molar-refractivity contribution in [3.8, 4) is 0 Å². The van der Waals surface area contributed by atoms with Gasteiger partial charge in [-0.25, -0.2) is 17.2 Å². The molecule has 0 aliphatic heterocycles. The van der Waals surface area contributed by atoms with Crippen LogP contribution in [0.2, 0.25) is 0 Å². The number of benzene rings is 1. The molecule has 0 atom stereocenters. The molecule has 0 spiro atoms. The summed E-state index contributed by atoms with van der Waals surface area (Å²) in [6, 6.07) is 2.02. The molecule has 5 nitrogen and oxygen atoms in total. The number of carboxylic acid groups (broad SMARTS) is 1. The van der Waals surface area contributed by atoms with Crippen LogP contribution in [0.25, 0.3) is 0 Å². The lowest BCUT2D eigenvalue weighted by atomic mass is 10.2. The van der Waals surface area contributed by atoms with E-state index in [0.717, 1.165) is 12.1 Å². The molecule has 1 aromatic carbocycles. The largest absolute Gasteiger partial charge is 0.480 e. The molecule has 94 valence electrons. The van der Waals surface area contributed by atoms with Crippen molar-refractivity contribution in [3.63, 3.8) is 0 Å². The quantitative estimate of drug-likeness (QED) is 0.853. The van der Waals surface area contributed by atoms with Crippen LogP contribution in [0.15, 0.2) is 12.1 Å². The molecule has 0 radical (unpaired) electrons. The number of sulfonamides is 1. The van der Waals surface area contributed by atoms with Crippen molar-refractivity contribution < 1.29 is 27.1 Å². The van der Waals surface area contributed by atoms with Crippen molar-refractivity contribution in [1.29, 1.82) is 0 Å². The van der Waals surface area contributed by atoms with Gasteiger partial charge in [-0.2, -0.15) is 0 Å². The Kier molecular flexibility index (Phi) is 3.66. The van der Waals surface area contributed by atoms with Crippen molar-refractivity contribution in [2.45, 2.75) is 6.92 Å². The SMILES string of the molecule is Cc1ccc(F)c(NS(=O)(=O)CC(=O)O)c1F. The molecule has 0 saturated heterocycles. The first-order valence-corrected chi connectivity index (χ1v) is 6.05. The third-order valence-electron chi connectivity index (χ3n) is 1.86. The highest BCUT2D eigenvalue weighted by Gasteiger charge is 2.20. The Balaban J connectivity index is 3.12. The Morgan fingerprint density at radius 1 is 1.41 bits per heavy atom. The van der Waals surface area contributed by atoms with E-state index < -0.39 is 39.1 Å². The topological polar surface area (TPSA) is 83.5 Å². The number of nitrogens with one attached hydrogen (secondary N) is 1. The minimum atomic E-state index is -4.33. The summed E-state index contributed by atoms with van der Waals surface area (Å²) in [5, 5.41) is 8.31. The van der Waals surface area contributed by atoms with E-state index in [1.54, 1.807) is 4.72 Å². The van der Waals surface area contributed by atoms with Gasteiger partial charge in [0.25, 0.3) is 0 Å². The fourth-order valence-electron chi connectivity index (χ4n) is 1.10. The van der Waals surface area contributed by atoms with Gasteiger partial charge in [-0.15, -0.1) is 0 Å². The van der Waals surface area contributed by atoms with E-state index >= 15 is 0 Å². The summed E-state index contributed by atoms with van der Waals surface area (Å²) in [7, 11) is -4.33. The zero-order valence-corrected chi connectivity index (χ0v) is 9.51. The maximum Gasteiger partial charge on any atom is 0.320 e. The number of hydrogen-bond donors (Lipinski definition) is 2. The zero-order chi connectivity index (χ0) is 13.2. The van der Waals surface area contributed by atoms with Crippen LogP contribution in [0.1, 0.15) is 5.56 Å². The molecule has 1 aromatic rings. The highest BCUT2D eigenvalue weighted by molar-refractivity contribution is 7.93. The van der Waals surface area contributed by atoms with Gasteiger partial charge in [0.2, 0.25) is 10.0 Å². The minimum absolute atomic E-state index is 0.0411. The Labute approximate surface area is 96.1 Å². The number of carboxylic acids is 1. The van der Waals surface area contributed by atoms with Crippen LogP contribution >= 0.6 is 0 Å². The number of halogens is 2. The van der Waals surface area contributed by atoms with E-state index in [2.05, 4.69) is 0 Å². The van der Waals surface area contributed by atoms with Crippen molar-refractivity contribution in [2.75, 3.05) is 10.5 Å². The van der Waals surface area contributed by atoms with E-state index in [9.17, 15) is 22.0 Å². The summed E-state index contributed by atoms with van der Waals surface area (Å²) in [4.78, 5) is 10.2. The fraction of sp³-hybridized carbons (Fsp3) is 0.222. The van der Waals surface area contributed by atoms with Gasteiger partial charge in [0.05, 0.1) is 0 Å². The first kappa shape index (κ1) is 13.4. The molecular weight excluding hydrogens is 256 g/mol. The number of rotatable bonds is 4. The molecule has 0 fully saturated rings. The summed E-state index contributed by atoms with van der Waals surface area (Å²) in [6.07, 6.45) is 0. The molecule has 0 amide bonds. The molecular formula is C9H9F2NO4S. The van der Waals surface area contributed by atoms with E-state index in [-0.39, 0.29) is 5.56 Å². The number of aryl methyl sites for hydroxylation is 1. The van der Waals surface area contributed by atoms with Gasteiger partial charge >= 0.3 is 5.97 Å². The molecule has 0 bridgehead atoms. The highest BCUT2D eigenvalue weighted by Crippen LogP contribution is 2.22. The number of anilines is 1. The fourth-order valence-corrected chi connectivity index (χ4v) is 2.00. The van der Waals surface area contributed by atoms with Gasteiger partial charge < -0.3 is 5.11 Å². The number of aliphatic carboxylic acids is 1. The highest BCUT2D eigenvalue weighted by atomic mass is 32.2. The molecule has 2 N–H and O–H groups in total. The normalized spacial score (nSPS) is 11.2. The lowest BCUT2D eigenvalue weighted by Gasteiger charge is -2.09. The second-order valence-corrected chi connectivity index (χ2v) is 5.03. The van der Waals surface area contributed by atoms with Gasteiger partial charge in [-0.3, -0.25) is 9.52 Å². The standard InChI is InChI=1S/C9H9F2NO4S/c1-5-2-3-6(10)9(8(5)11)12-17(15,16)4-7(13)14/h2-3,12H,4H2,1H3,(H,13,14). The molecule has 1 rings (SSSR count). The maximum absolute atomic E-state index is 13.4. The second-order valence-electron chi connectivity index (χ2n) is 3.31. The van der Waals surface area contributed by atoms with Gasteiger partial charge in [0.1, 0.15) is 11.5 Å². The van der Waals surface area contributed by atoms with Crippen LogP contribution in [-0.2, 0) is 14.8 Å². The summed E-state index contributed by atoms with van der Waals surface area (Å²) in [6.45, 7) is 1.32. The summed E-state index contributed by atoms with van der Waals surface area (Å²) in [5.74, 6) is -5.06. The lowest BCUT2D eigenvalue weighted by Crippen LogP contribution is -2.23. The lowest BCUT2D eigenvalue weighted by molar-refractivity contribution is -0.134. The molecule has 0 aliphatic carbocycles. The Morgan fingerprint density at radius 3 is 2.53 bits per heavy atom. The summed E-state index contributed by atoms with van der Waals surface area (Å²) >= 11 is 0. The van der Waals surface area contributed by atoms with E-state index in [4.69, 9.17) is 5.11 Å². The minimum Gasteiger partial charge on any atom is -0.480 e. The molecule has 0 heterocycles. The second kappa shape index (κ2) is 4.66. The molecule has 0 saturated carbocycles. The summed E-state index contributed by atoms with van der Waals surface area (Å²) in [5.41, 5.74) is -0.828. The van der Waals surface area contributed by atoms with E-state index in [1.807, 2.05) is 0 Å². The van der Waals surface area contributed by atoms with Crippen molar-refractivity contribution >= 4 is 21.7 Å². The molecule has 0 aromatic heterocycles. The number of hydrogen-bond acceptors (Lipinski definition) is 3. The molecule has 0 unspecified atom stereocenters. The van der Waals surface area contributed by atoms with Gasteiger partial charge in [0.15, 0.2) is 11.6 Å². The van der Waals surface area contributed by atoms with Gasteiger partial charge in [0, 0.05) is 0 Å². The summed E-state index contributed by atoms with van der Waals surface area (Å²) < 4.78 is 50.6. The van der Waals surface area contributed by atoms with Crippen LogP contribution < -0.4 is 4.72 Å². The third kappa shape index (κ3) is 3.38. The average Bonchev–Trinajstić information content (AvgIpc) is 2.17. The van der Waals surface area contributed by atoms with Crippen molar-refractivity contribution in [3.05, 3.63) is 29.3 Å². The number of carbonyl (C=O) groups is 1. The average molecular weight is 265 g/mol. The van der Waals surface area contributed by atoms with Crippen LogP contribution in [0.4, 0.5) is 14.5 Å². The van der Waals surface area contributed by atoms with Crippen LogP contribution in [0.3, 0.4) is 0 Å². The predicted octanol–water partition coefficient (Wildman–Crippen LogP) is 1.10. The Morgan fingerprint density at radius 2 is 2.00 bits per heavy atom. The first-order valence-electron chi connectivity index (χ1n) is 4.40. The van der Waals surface area contributed by atoms with Crippen LogP contribution in [-0.4, -0.2) is 25.2 Å². The predicted molar refractivity (Wildman–Crippen MR) is 56.1 cm³/mol. The van der Waals surface area contributed by atoms with Gasteiger partial charge in [-0.1, -0.05) is 6.07 Å². The van der Waals surface area contributed by atoms with Crippen LogP contribution in [0.5, 0.6) is 0 Å². The van der Waals surface area contributed by atoms with Crippen molar-refractivity contribution in [2.24, 2.45) is 0 Å². The smallest absolute Gasteiger partial charge is 0.320 e. The van der Waals surface area contributed by atoms with Gasteiger partial charge in [-0.05, 0) is 18.6 Å².